The summed E-state index contributed by atoms with van der Waals surface area (Å²) >= 11 is 11.6. The van der Waals surface area contributed by atoms with Crippen LogP contribution in [0.3, 0.4) is 0 Å². The number of rotatable bonds is 3. The van der Waals surface area contributed by atoms with E-state index in [9.17, 15) is 19.5 Å². The second-order valence-corrected chi connectivity index (χ2v) is 5.12. The lowest BCUT2D eigenvalue weighted by atomic mass is 10.1. The van der Waals surface area contributed by atoms with Crippen LogP contribution in [0.2, 0.25) is 10.0 Å². The number of hydrogen-bond donors (Lipinski definition) is 2. The largest absolute Gasteiger partial charge is 0.506 e. The maximum absolute atomic E-state index is 12.1. The molecule has 0 saturated carbocycles. The van der Waals surface area contributed by atoms with Crippen molar-refractivity contribution in [2.45, 2.75) is 0 Å². The molecule has 0 bridgehead atoms. The summed E-state index contributed by atoms with van der Waals surface area (Å²) in [6.45, 7) is -0.513. The second kappa shape index (κ2) is 6.25. The minimum atomic E-state index is -0.769. The van der Waals surface area contributed by atoms with Gasteiger partial charge in [-0.15, -0.1) is 0 Å². The van der Waals surface area contributed by atoms with Crippen LogP contribution < -0.4 is 5.32 Å². The van der Waals surface area contributed by atoms with E-state index in [1.54, 1.807) is 0 Å². The number of benzene rings is 1. The monoisotopic (exact) mass is 344 g/mol. The van der Waals surface area contributed by atoms with E-state index in [4.69, 9.17) is 23.2 Å². The number of aromatic hydroxyl groups is 1. The molecule has 9 heteroatoms. The number of carbonyl (C=O) groups excluding carboxylic acids is 3. The molecular formula is C13H10Cl2N2O5. The number of nitrogens with zero attached hydrogens (tertiary/aromatic N) is 1. The highest BCUT2D eigenvalue weighted by Gasteiger charge is 2.35. The highest BCUT2D eigenvalue weighted by molar-refractivity contribution is 6.36. The molecule has 0 atom stereocenters. The quantitative estimate of drug-likeness (QED) is 0.494. The minimum absolute atomic E-state index is 0.00235. The Morgan fingerprint density at radius 2 is 2.09 bits per heavy atom. The standard InChI is InChI=1S/C13H10Cl2N2O5/c1-22-10(18)5-17-12(20)9(16-13(17)21)3-6-2-7(14)4-8(15)11(6)19/h2-4,19H,5H2,1H3,(H,16,21)/b9-3+. The fraction of sp³-hybridized carbons (Fsp3) is 0.154. The fourth-order valence-corrected chi connectivity index (χ4v) is 2.27. The van der Waals surface area contributed by atoms with Crippen molar-refractivity contribution in [3.63, 3.8) is 0 Å². The molecule has 0 spiro atoms. The number of hydrogen-bond acceptors (Lipinski definition) is 5. The average Bonchev–Trinajstić information content (AvgIpc) is 2.71. The third kappa shape index (κ3) is 3.15. The lowest BCUT2D eigenvalue weighted by molar-refractivity contribution is -0.143. The molecule has 116 valence electrons. The number of amides is 3. The topological polar surface area (TPSA) is 95.9 Å². The number of carbonyl (C=O) groups is 3. The van der Waals surface area contributed by atoms with Gasteiger partial charge in [-0.25, -0.2) is 9.69 Å². The van der Waals surface area contributed by atoms with Gasteiger partial charge in [0.1, 0.15) is 18.0 Å². The van der Waals surface area contributed by atoms with E-state index in [1.165, 1.54) is 18.2 Å². The zero-order valence-electron chi connectivity index (χ0n) is 11.2. The van der Waals surface area contributed by atoms with Gasteiger partial charge in [-0.3, -0.25) is 9.59 Å². The first-order valence-electron chi connectivity index (χ1n) is 5.93. The Morgan fingerprint density at radius 1 is 1.41 bits per heavy atom. The number of methoxy groups -OCH3 is 1. The molecule has 7 nitrogen and oxygen atoms in total. The van der Waals surface area contributed by atoms with E-state index < -0.39 is 24.5 Å². The summed E-state index contributed by atoms with van der Waals surface area (Å²) in [7, 11) is 1.14. The van der Waals surface area contributed by atoms with Crippen molar-refractivity contribution >= 4 is 47.2 Å². The molecule has 1 heterocycles. The molecule has 0 aromatic heterocycles. The number of phenolic OH excluding ortho intramolecular Hbond substituents is 1. The number of ether oxygens (including phenoxy) is 1. The van der Waals surface area contributed by atoms with Crippen molar-refractivity contribution in [2.24, 2.45) is 0 Å². The first kappa shape index (κ1) is 16.1. The number of phenols is 1. The minimum Gasteiger partial charge on any atom is -0.506 e. The molecule has 1 aromatic rings. The van der Waals surface area contributed by atoms with Crippen LogP contribution in [0.25, 0.3) is 6.08 Å². The SMILES string of the molecule is COC(=O)CN1C(=O)N/C(=C/c2cc(Cl)cc(Cl)c2O)C1=O. The molecule has 1 fully saturated rings. The second-order valence-electron chi connectivity index (χ2n) is 4.28. The van der Waals surface area contributed by atoms with Crippen LogP contribution in [0.15, 0.2) is 17.8 Å². The van der Waals surface area contributed by atoms with Crippen molar-refractivity contribution in [1.82, 2.24) is 10.2 Å². The van der Waals surface area contributed by atoms with Crippen molar-refractivity contribution in [3.8, 4) is 5.75 Å². The van der Waals surface area contributed by atoms with Crippen LogP contribution in [0.1, 0.15) is 5.56 Å². The maximum Gasteiger partial charge on any atom is 0.329 e. The molecular weight excluding hydrogens is 335 g/mol. The Kier molecular flexibility index (Phi) is 4.58. The molecule has 1 aromatic carbocycles. The normalized spacial score (nSPS) is 16.1. The number of esters is 1. The van der Waals surface area contributed by atoms with Crippen molar-refractivity contribution in [1.29, 1.82) is 0 Å². The summed E-state index contributed by atoms with van der Waals surface area (Å²) in [4.78, 5) is 35.6. The zero-order chi connectivity index (χ0) is 16.4. The van der Waals surface area contributed by atoms with E-state index in [1.807, 2.05) is 0 Å². The molecule has 2 rings (SSSR count). The van der Waals surface area contributed by atoms with Crippen molar-refractivity contribution < 1.29 is 24.2 Å². The van der Waals surface area contributed by atoms with E-state index in [0.29, 0.717) is 4.90 Å². The van der Waals surface area contributed by atoms with Crippen LogP contribution in [-0.2, 0) is 14.3 Å². The maximum atomic E-state index is 12.1. The Bertz CT molecular complexity index is 702. The van der Waals surface area contributed by atoms with E-state index >= 15 is 0 Å². The van der Waals surface area contributed by atoms with E-state index in [0.717, 1.165) is 7.11 Å². The predicted molar refractivity (Wildman–Crippen MR) is 78.4 cm³/mol. The van der Waals surface area contributed by atoms with E-state index in [2.05, 4.69) is 10.1 Å². The number of urea groups is 1. The summed E-state index contributed by atoms with van der Waals surface area (Å²) < 4.78 is 4.41. The highest BCUT2D eigenvalue weighted by Crippen LogP contribution is 2.32. The number of imide groups is 1. The van der Waals surface area contributed by atoms with Gasteiger partial charge < -0.3 is 15.2 Å². The van der Waals surface area contributed by atoms with Crippen LogP contribution >= 0.6 is 23.2 Å². The predicted octanol–water partition coefficient (Wildman–Crippen LogP) is 1.76. The Balaban J connectivity index is 2.33. The summed E-state index contributed by atoms with van der Waals surface area (Å²) in [5.74, 6) is -1.75. The van der Waals surface area contributed by atoms with Gasteiger partial charge in [0, 0.05) is 10.6 Å². The third-order valence-corrected chi connectivity index (χ3v) is 3.34. The average molecular weight is 345 g/mol. The van der Waals surface area contributed by atoms with Crippen molar-refractivity contribution in [3.05, 3.63) is 33.4 Å². The molecule has 1 aliphatic rings. The van der Waals surface area contributed by atoms with Gasteiger partial charge in [0.05, 0.1) is 12.1 Å². The summed E-state index contributed by atoms with van der Waals surface area (Å²) in [5.41, 5.74) is 0.0311. The third-order valence-electron chi connectivity index (χ3n) is 2.83. The molecule has 22 heavy (non-hydrogen) atoms. The fourth-order valence-electron chi connectivity index (χ4n) is 1.76. The van der Waals surface area contributed by atoms with Crippen LogP contribution in [0.4, 0.5) is 4.79 Å². The molecule has 0 aliphatic carbocycles. The van der Waals surface area contributed by atoms with Gasteiger partial charge in [-0.1, -0.05) is 23.2 Å². The van der Waals surface area contributed by atoms with E-state index in [-0.39, 0.29) is 27.1 Å². The van der Waals surface area contributed by atoms with Crippen LogP contribution in [0.5, 0.6) is 5.75 Å². The van der Waals surface area contributed by atoms with Gasteiger partial charge in [-0.05, 0) is 18.2 Å². The Labute approximate surface area is 135 Å². The summed E-state index contributed by atoms with van der Waals surface area (Å²) in [6, 6.07) is 1.94. The smallest absolute Gasteiger partial charge is 0.329 e. The molecule has 1 aliphatic heterocycles. The molecule has 0 unspecified atom stereocenters. The molecule has 0 radical (unpaired) electrons. The zero-order valence-corrected chi connectivity index (χ0v) is 12.7. The lowest BCUT2D eigenvalue weighted by Crippen LogP contribution is -2.36. The van der Waals surface area contributed by atoms with Gasteiger partial charge >= 0.3 is 12.0 Å². The Hall–Kier alpha value is -2.25. The lowest BCUT2D eigenvalue weighted by Gasteiger charge is -2.09. The van der Waals surface area contributed by atoms with Gasteiger partial charge in [0.25, 0.3) is 5.91 Å². The molecule has 3 amide bonds. The first-order chi connectivity index (χ1) is 10.3. The van der Waals surface area contributed by atoms with Gasteiger partial charge in [0.2, 0.25) is 0 Å². The summed E-state index contributed by atoms with van der Waals surface area (Å²) in [5, 5.41) is 12.4. The first-order valence-corrected chi connectivity index (χ1v) is 6.68. The highest BCUT2D eigenvalue weighted by atomic mass is 35.5. The summed E-state index contributed by atoms with van der Waals surface area (Å²) in [6.07, 6.45) is 1.21. The number of halogens is 2. The van der Waals surface area contributed by atoms with Gasteiger partial charge in [0.15, 0.2) is 0 Å². The van der Waals surface area contributed by atoms with Gasteiger partial charge in [-0.2, -0.15) is 0 Å². The molecule has 1 saturated heterocycles. The van der Waals surface area contributed by atoms with Crippen molar-refractivity contribution in [2.75, 3.05) is 13.7 Å². The Morgan fingerprint density at radius 3 is 2.73 bits per heavy atom. The van der Waals surface area contributed by atoms with Crippen LogP contribution in [-0.4, -0.2) is 41.6 Å². The number of nitrogens with one attached hydrogen (secondary N) is 1. The molecule has 2 N–H and O–H groups in total. The van der Waals surface area contributed by atoms with Crippen LogP contribution in [0, 0.1) is 0 Å².